The van der Waals surface area contributed by atoms with Crippen LogP contribution >= 0.6 is 0 Å². The van der Waals surface area contributed by atoms with Crippen LogP contribution < -0.4 is 4.74 Å². The minimum absolute atomic E-state index is 0.0495. The Morgan fingerprint density at radius 1 is 1.12 bits per heavy atom. The van der Waals surface area contributed by atoms with Gasteiger partial charge < -0.3 is 9.64 Å². The number of amides is 1. The molecule has 1 amide bonds. The molecule has 4 heterocycles. The first-order chi connectivity index (χ1) is 15.5. The minimum atomic E-state index is -0.583. The van der Waals surface area contributed by atoms with E-state index < -0.39 is 11.4 Å². The van der Waals surface area contributed by atoms with Gasteiger partial charge in [-0.3, -0.25) is 14.5 Å². The Bertz CT molecular complexity index is 1000. The third-order valence-electron chi connectivity index (χ3n) is 7.03. The van der Waals surface area contributed by atoms with Crippen molar-refractivity contribution in [2.45, 2.75) is 44.2 Å². The number of Topliss-reactive ketones (excluding diaryl/α,β-unsaturated/α-hetero) is 1. The SMILES string of the molecule is O=C1CC2(CCN(C(=O)C3CCN(Cc4ccnnc4)CC3)CC2)Oc2ccc(F)cc21. The van der Waals surface area contributed by atoms with Crippen LogP contribution in [0.3, 0.4) is 0 Å². The number of nitrogens with zero attached hydrogens (tertiary/aromatic N) is 4. The van der Waals surface area contributed by atoms with Crippen molar-refractivity contribution in [2.75, 3.05) is 26.2 Å². The fourth-order valence-corrected chi connectivity index (χ4v) is 5.15. The summed E-state index contributed by atoms with van der Waals surface area (Å²) in [7, 11) is 0. The van der Waals surface area contributed by atoms with Gasteiger partial charge in [-0.2, -0.15) is 10.2 Å². The number of carbonyl (C=O) groups excluding carboxylic acids is 2. The van der Waals surface area contributed by atoms with Crippen molar-refractivity contribution in [1.29, 1.82) is 0 Å². The van der Waals surface area contributed by atoms with Gasteiger partial charge in [0.1, 0.15) is 17.2 Å². The Morgan fingerprint density at radius 2 is 1.91 bits per heavy atom. The third-order valence-corrected chi connectivity index (χ3v) is 7.03. The second-order valence-corrected chi connectivity index (χ2v) is 9.15. The molecule has 0 aliphatic carbocycles. The van der Waals surface area contributed by atoms with E-state index in [4.69, 9.17) is 4.74 Å². The molecule has 2 saturated heterocycles. The Labute approximate surface area is 186 Å². The quantitative estimate of drug-likeness (QED) is 0.734. The van der Waals surface area contributed by atoms with Crippen LogP contribution in [0, 0.1) is 11.7 Å². The number of hydrogen-bond donors (Lipinski definition) is 0. The Balaban J connectivity index is 1.14. The van der Waals surface area contributed by atoms with Gasteiger partial charge >= 0.3 is 0 Å². The zero-order valence-electron chi connectivity index (χ0n) is 18.0. The van der Waals surface area contributed by atoms with Crippen molar-refractivity contribution in [2.24, 2.45) is 5.92 Å². The van der Waals surface area contributed by atoms with Gasteiger partial charge in [-0.25, -0.2) is 4.39 Å². The molecule has 5 rings (SSSR count). The molecule has 0 unspecified atom stereocenters. The number of rotatable bonds is 3. The molecular weight excluding hydrogens is 411 g/mol. The van der Waals surface area contributed by atoms with Crippen molar-refractivity contribution in [3.63, 3.8) is 0 Å². The maximum Gasteiger partial charge on any atom is 0.225 e. The van der Waals surface area contributed by atoms with Crippen molar-refractivity contribution >= 4 is 11.7 Å². The Hall–Kier alpha value is -2.87. The normalized spacial score (nSPS) is 21.3. The van der Waals surface area contributed by atoms with Gasteiger partial charge in [-0.15, -0.1) is 0 Å². The number of fused-ring (bicyclic) bond motifs is 1. The predicted octanol–water partition coefficient (Wildman–Crippen LogP) is 2.85. The summed E-state index contributed by atoms with van der Waals surface area (Å²) in [6, 6.07) is 6.08. The summed E-state index contributed by atoms with van der Waals surface area (Å²) in [5.74, 6) is 0.213. The van der Waals surface area contributed by atoms with Gasteiger partial charge in [0.2, 0.25) is 5.91 Å². The van der Waals surface area contributed by atoms with E-state index in [0.29, 0.717) is 37.2 Å². The molecule has 3 aliphatic rings. The van der Waals surface area contributed by atoms with Crippen LogP contribution in [0.5, 0.6) is 5.75 Å². The molecule has 8 heteroatoms. The molecule has 168 valence electrons. The molecule has 1 spiro atoms. The summed E-state index contributed by atoms with van der Waals surface area (Å²) < 4.78 is 19.7. The smallest absolute Gasteiger partial charge is 0.225 e. The summed E-state index contributed by atoms with van der Waals surface area (Å²) in [4.78, 5) is 30.0. The van der Waals surface area contributed by atoms with Crippen molar-refractivity contribution < 1.29 is 18.7 Å². The lowest BCUT2D eigenvalue weighted by Gasteiger charge is -2.45. The Kier molecular flexibility index (Phi) is 5.63. The first-order valence-electron chi connectivity index (χ1n) is 11.3. The van der Waals surface area contributed by atoms with E-state index in [0.717, 1.165) is 38.0 Å². The number of likely N-dealkylation sites (tertiary alicyclic amines) is 2. The molecule has 0 radical (unpaired) electrons. The topological polar surface area (TPSA) is 75.6 Å². The number of carbonyl (C=O) groups is 2. The second-order valence-electron chi connectivity index (χ2n) is 9.15. The summed E-state index contributed by atoms with van der Waals surface area (Å²) >= 11 is 0. The molecule has 0 bridgehead atoms. The van der Waals surface area contributed by atoms with E-state index >= 15 is 0 Å². The molecule has 7 nitrogen and oxygen atoms in total. The summed E-state index contributed by atoms with van der Waals surface area (Å²) in [6.45, 7) is 3.79. The molecule has 0 saturated carbocycles. The zero-order chi connectivity index (χ0) is 22.1. The molecule has 2 fully saturated rings. The molecular formula is C24H27FN4O3. The highest BCUT2D eigenvalue weighted by molar-refractivity contribution is 6.00. The van der Waals surface area contributed by atoms with Gasteiger partial charge in [-0.1, -0.05) is 0 Å². The van der Waals surface area contributed by atoms with E-state index in [9.17, 15) is 14.0 Å². The van der Waals surface area contributed by atoms with E-state index in [1.54, 1.807) is 12.4 Å². The molecule has 32 heavy (non-hydrogen) atoms. The Morgan fingerprint density at radius 3 is 2.62 bits per heavy atom. The molecule has 2 aromatic rings. The number of ketones is 1. The first-order valence-corrected chi connectivity index (χ1v) is 11.3. The summed E-state index contributed by atoms with van der Waals surface area (Å²) in [5.41, 5.74) is 0.876. The van der Waals surface area contributed by atoms with Gasteiger partial charge in [0.15, 0.2) is 5.78 Å². The van der Waals surface area contributed by atoms with Crippen LogP contribution in [0.15, 0.2) is 36.7 Å². The number of ether oxygens (including phenoxy) is 1. The minimum Gasteiger partial charge on any atom is -0.486 e. The maximum atomic E-state index is 13.5. The summed E-state index contributed by atoms with van der Waals surface area (Å²) in [6.07, 6.45) is 6.68. The first kappa shape index (κ1) is 21.0. The van der Waals surface area contributed by atoms with Crippen LogP contribution in [0.1, 0.15) is 48.0 Å². The number of benzene rings is 1. The molecule has 0 atom stereocenters. The van der Waals surface area contributed by atoms with E-state index in [2.05, 4.69) is 15.1 Å². The van der Waals surface area contributed by atoms with Gasteiger partial charge in [0.05, 0.1) is 18.2 Å². The fourth-order valence-electron chi connectivity index (χ4n) is 5.15. The van der Waals surface area contributed by atoms with Crippen LogP contribution in [0.4, 0.5) is 4.39 Å². The molecule has 1 aromatic heterocycles. The lowest BCUT2D eigenvalue weighted by atomic mass is 9.82. The zero-order valence-corrected chi connectivity index (χ0v) is 18.0. The van der Waals surface area contributed by atoms with E-state index in [-0.39, 0.29) is 24.0 Å². The lowest BCUT2D eigenvalue weighted by Crippen LogP contribution is -2.53. The van der Waals surface area contributed by atoms with Crippen LogP contribution in [-0.2, 0) is 11.3 Å². The third kappa shape index (κ3) is 4.24. The molecule has 3 aliphatic heterocycles. The van der Waals surface area contributed by atoms with Crippen molar-refractivity contribution in [3.8, 4) is 5.75 Å². The van der Waals surface area contributed by atoms with E-state index in [1.165, 1.54) is 18.2 Å². The number of halogens is 1. The van der Waals surface area contributed by atoms with Gasteiger partial charge in [-0.05, 0) is 55.8 Å². The highest BCUT2D eigenvalue weighted by Crippen LogP contribution is 2.40. The average molecular weight is 439 g/mol. The van der Waals surface area contributed by atoms with Gasteiger partial charge in [0.25, 0.3) is 0 Å². The highest BCUT2D eigenvalue weighted by Gasteiger charge is 2.44. The fraction of sp³-hybridized carbons (Fsp3) is 0.500. The van der Waals surface area contributed by atoms with Gasteiger partial charge in [0, 0.05) is 44.6 Å². The number of aromatic nitrogens is 2. The van der Waals surface area contributed by atoms with Crippen LogP contribution in [0.25, 0.3) is 0 Å². The predicted molar refractivity (Wildman–Crippen MR) is 115 cm³/mol. The maximum absolute atomic E-state index is 13.5. The van der Waals surface area contributed by atoms with Crippen LogP contribution in [0.2, 0.25) is 0 Å². The largest absolute Gasteiger partial charge is 0.486 e. The standard InChI is InChI=1S/C24H27FN4O3/c25-19-1-2-22-20(13-19)21(30)14-24(32-22)6-11-29(12-7-24)23(31)18-4-9-28(10-5-18)16-17-3-8-26-27-15-17/h1-3,8,13,15,18H,4-7,9-12,14,16H2. The van der Waals surface area contributed by atoms with Crippen molar-refractivity contribution in [1.82, 2.24) is 20.0 Å². The lowest BCUT2D eigenvalue weighted by molar-refractivity contribution is -0.140. The molecule has 0 N–H and O–H groups in total. The van der Waals surface area contributed by atoms with Crippen molar-refractivity contribution in [3.05, 3.63) is 53.6 Å². The van der Waals surface area contributed by atoms with E-state index in [1.807, 2.05) is 11.0 Å². The highest BCUT2D eigenvalue weighted by atomic mass is 19.1. The second kappa shape index (κ2) is 8.58. The average Bonchev–Trinajstić information content (AvgIpc) is 2.81. The monoisotopic (exact) mass is 438 g/mol. The summed E-state index contributed by atoms with van der Waals surface area (Å²) in [5, 5.41) is 7.74. The molecule has 1 aromatic carbocycles. The number of hydrogen-bond acceptors (Lipinski definition) is 6. The number of piperidine rings is 2. The van der Waals surface area contributed by atoms with Crippen LogP contribution in [-0.4, -0.2) is 63.5 Å².